The molecule has 1 aliphatic rings. The molecule has 0 aromatic heterocycles. The summed E-state index contributed by atoms with van der Waals surface area (Å²) in [5.74, 6) is 0. The summed E-state index contributed by atoms with van der Waals surface area (Å²) in [5, 5.41) is 12.1. The lowest BCUT2D eigenvalue weighted by Crippen LogP contribution is -2.28. The molecule has 2 N–H and O–H groups in total. The maximum Gasteiger partial charge on any atom is 0.0445 e. The Morgan fingerprint density at radius 3 is 3.00 bits per heavy atom. The van der Waals surface area contributed by atoms with Crippen LogP contribution in [0.25, 0.3) is 0 Å². The summed E-state index contributed by atoms with van der Waals surface area (Å²) in [7, 11) is 0. The van der Waals surface area contributed by atoms with E-state index in [9.17, 15) is 0 Å². The largest absolute Gasteiger partial charge is 0.396 e. The van der Waals surface area contributed by atoms with E-state index in [-0.39, 0.29) is 0 Å². The standard InChI is InChI=1S/C8H17NO/c10-7-5-8-4-2-1-3-6-9-8/h8-10H,1-7H2/t8-/m0/s1. The fourth-order valence-electron chi connectivity index (χ4n) is 1.50. The van der Waals surface area contributed by atoms with E-state index in [2.05, 4.69) is 5.32 Å². The molecular weight excluding hydrogens is 126 g/mol. The van der Waals surface area contributed by atoms with E-state index in [1.165, 1.54) is 25.7 Å². The summed E-state index contributed by atoms with van der Waals surface area (Å²) in [4.78, 5) is 0. The van der Waals surface area contributed by atoms with Crippen molar-refractivity contribution in [2.75, 3.05) is 13.2 Å². The van der Waals surface area contributed by atoms with Gasteiger partial charge in [-0.2, -0.15) is 0 Å². The van der Waals surface area contributed by atoms with Gasteiger partial charge < -0.3 is 10.4 Å². The molecule has 60 valence electrons. The fraction of sp³-hybridized carbons (Fsp3) is 1.00. The second kappa shape index (κ2) is 4.69. The van der Waals surface area contributed by atoms with E-state index in [4.69, 9.17) is 5.11 Å². The van der Waals surface area contributed by atoms with Crippen molar-refractivity contribution in [2.45, 2.75) is 38.1 Å². The number of hydrogen-bond donors (Lipinski definition) is 2. The average molecular weight is 143 g/mol. The van der Waals surface area contributed by atoms with Crippen molar-refractivity contribution >= 4 is 0 Å². The Morgan fingerprint density at radius 1 is 1.30 bits per heavy atom. The molecule has 1 heterocycles. The van der Waals surface area contributed by atoms with E-state index >= 15 is 0 Å². The zero-order valence-corrected chi connectivity index (χ0v) is 6.47. The first-order valence-corrected chi connectivity index (χ1v) is 4.27. The summed E-state index contributed by atoms with van der Waals surface area (Å²) in [5.41, 5.74) is 0. The third kappa shape index (κ3) is 2.67. The second-order valence-electron chi connectivity index (χ2n) is 3.01. The quantitative estimate of drug-likeness (QED) is 0.602. The van der Waals surface area contributed by atoms with Gasteiger partial charge in [0.05, 0.1) is 0 Å². The van der Waals surface area contributed by atoms with Crippen LogP contribution in [0, 0.1) is 0 Å². The summed E-state index contributed by atoms with van der Waals surface area (Å²) in [6.45, 7) is 1.47. The second-order valence-corrected chi connectivity index (χ2v) is 3.01. The molecule has 0 radical (unpaired) electrons. The van der Waals surface area contributed by atoms with Crippen LogP contribution in [0.15, 0.2) is 0 Å². The van der Waals surface area contributed by atoms with E-state index in [0.29, 0.717) is 12.6 Å². The molecule has 0 amide bonds. The zero-order chi connectivity index (χ0) is 7.23. The van der Waals surface area contributed by atoms with Crippen LogP contribution in [0.2, 0.25) is 0 Å². The first-order chi connectivity index (χ1) is 4.93. The molecule has 1 saturated heterocycles. The highest BCUT2D eigenvalue weighted by Crippen LogP contribution is 2.09. The van der Waals surface area contributed by atoms with Gasteiger partial charge in [-0.25, -0.2) is 0 Å². The lowest BCUT2D eigenvalue weighted by Gasteiger charge is -2.12. The molecule has 10 heavy (non-hydrogen) atoms. The van der Waals surface area contributed by atoms with Gasteiger partial charge in [0, 0.05) is 12.6 Å². The van der Waals surface area contributed by atoms with Gasteiger partial charge in [-0.3, -0.25) is 0 Å². The minimum absolute atomic E-state index is 0.331. The van der Waals surface area contributed by atoms with Crippen molar-refractivity contribution in [1.29, 1.82) is 0 Å². The van der Waals surface area contributed by atoms with Gasteiger partial charge in [0.1, 0.15) is 0 Å². The third-order valence-electron chi connectivity index (χ3n) is 2.14. The maximum absolute atomic E-state index is 8.67. The molecule has 1 atom stereocenters. The molecule has 0 unspecified atom stereocenters. The van der Waals surface area contributed by atoms with Crippen LogP contribution in [0.3, 0.4) is 0 Å². The Morgan fingerprint density at radius 2 is 2.20 bits per heavy atom. The van der Waals surface area contributed by atoms with Gasteiger partial charge in [0.2, 0.25) is 0 Å². The van der Waals surface area contributed by atoms with Crippen LogP contribution in [0.4, 0.5) is 0 Å². The number of rotatable bonds is 2. The van der Waals surface area contributed by atoms with Gasteiger partial charge >= 0.3 is 0 Å². The monoisotopic (exact) mass is 143 g/mol. The molecular formula is C8H17NO. The molecule has 2 nitrogen and oxygen atoms in total. The van der Waals surface area contributed by atoms with E-state index in [1.807, 2.05) is 0 Å². The minimum Gasteiger partial charge on any atom is -0.396 e. The smallest absolute Gasteiger partial charge is 0.0445 e. The van der Waals surface area contributed by atoms with Crippen molar-refractivity contribution < 1.29 is 5.11 Å². The molecule has 0 bridgehead atoms. The summed E-state index contributed by atoms with van der Waals surface area (Å²) >= 11 is 0. The minimum atomic E-state index is 0.331. The maximum atomic E-state index is 8.67. The van der Waals surface area contributed by atoms with Gasteiger partial charge in [-0.1, -0.05) is 12.8 Å². The zero-order valence-electron chi connectivity index (χ0n) is 6.47. The summed E-state index contributed by atoms with van der Waals surface area (Å²) < 4.78 is 0. The fourth-order valence-corrected chi connectivity index (χ4v) is 1.50. The average Bonchev–Trinajstić information content (AvgIpc) is 2.17. The summed E-state index contributed by atoms with van der Waals surface area (Å²) in [6.07, 6.45) is 6.18. The number of nitrogens with one attached hydrogen (secondary N) is 1. The van der Waals surface area contributed by atoms with E-state index in [1.54, 1.807) is 0 Å². The van der Waals surface area contributed by atoms with E-state index < -0.39 is 0 Å². The third-order valence-corrected chi connectivity index (χ3v) is 2.14. The number of aliphatic hydroxyl groups is 1. The molecule has 2 heteroatoms. The van der Waals surface area contributed by atoms with Gasteiger partial charge in [-0.05, 0) is 25.8 Å². The van der Waals surface area contributed by atoms with Gasteiger partial charge in [0.25, 0.3) is 0 Å². The molecule has 0 aliphatic carbocycles. The Kier molecular flexibility index (Phi) is 3.76. The molecule has 0 aromatic carbocycles. The Hall–Kier alpha value is -0.0800. The highest BCUT2D eigenvalue weighted by Gasteiger charge is 2.09. The molecule has 0 spiro atoms. The normalized spacial score (nSPS) is 27.9. The van der Waals surface area contributed by atoms with Crippen LogP contribution in [-0.4, -0.2) is 24.3 Å². The van der Waals surface area contributed by atoms with Crippen molar-refractivity contribution in [2.24, 2.45) is 0 Å². The number of aliphatic hydroxyl groups excluding tert-OH is 1. The topological polar surface area (TPSA) is 32.3 Å². The first kappa shape index (κ1) is 8.02. The molecule has 1 aliphatic heterocycles. The highest BCUT2D eigenvalue weighted by atomic mass is 16.3. The van der Waals surface area contributed by atoms with Gasteiger partial charge in [0.15, 0.2) is 0 Å². The SMILES string of the molecule is OCC[C@@H]1CCCCCN1. The van der Waals surface area contributed by atoms with Crippen molar-refractivity contribution in [3.63, 3.8) is 0 Å². The lowest BCUT2D eigenvalue weighted by molar-refractivity contribution is 0.263. The predicted octanol–water partition coefficient (Wildman–Crippen LogP) is 0.901. The predicted molar refractivity (Wildman–Crippen MR) is 42.0 cm³/mol. The van der Waals surface area contributed by atoms with Crippen molar-refractivity contribution in [3.8, 4) is 0 Å². The Bertz CT molecular complexity index is 77.3. The Balaban J connectivity index is 2.15. The van der Waals surface area contributed by atoms with Crippen LogP contribution in [0.5, 0.6) is 0 Å². The van der Waals surface area contributed by atoms with Crippen molar-refractivity contribution in [1.82, 2.24) is 5.32 Å². The molecule has 0 saturated carbocycles. The van der Waals surface area contributed by atoms with Crippen LogP contribution in [0.1, 0.15) is 32.1 Å². The van der Waals surface area contributed by atoms with Crippen LogP contribution >= 0.6 is 0 Å². The van der Waals surface area contributed by atoms with Gasteiger partial charge in [-0.15, -0.1) is 0 Å². The van der Waals surface area contributed by atoms with Crippen LogP contribution in [-0.2, 0) is 0 Å². The lowest BCUT2D eigenvalue weighted by atomic mass is 10.1. The summed E-state index contributed by atoms with van der Waals surface area (Å²) in [6, 6.07) is 0.590. The molecule has 0 aromatic rings. The first-order valence-electron chi connectivity index (χ1n) is 4.27. The highest BCUT2D eigenvalue weighted by molar-refractivity contribution is 4.69. The number of hydrogen-bond acceptors (Lipinski definition) is 2. The Labute approximate surface area is 62.6 Å². The van der Waals surface area contributed by atoms with Crippen LogP contribution < -0.4 is 5.32 Å². The van der Waals surface area contributed by atoms with Crippen molar-refractivity contribution in [3.05, 3.63) is 0 Å². The molecule has 1 rings (SSSR count). The molecule has 1 fully saturated rings. The van der Waals surface area contributed by atoms with E-state index in [0.717, 1.165) is 13.0 Å².